The van der Waals surface area contributed by atoms with E-state index in [1.807, 2.05) is 30.3 Å². The number of carbonyl (C=O) groups is 1. The van der Waals surface area contributed by atoms with Crippen LogP contribution in [0.3, 0.4) is 0 Å². The van der Waals surface area contributed by atoms with E-state index in [1.54, 1.807) is 6.92 Å². The molecular weight excluding hydrogens is 230 g/mol. The minimum atomic E-state index is -0.803. The fourth-order valence-electron chi connectivity index (χ4n) is 1.52. The number of para-hydroxylation sites is 1. The first-order chi connectivity index (χ1) is 8.70. The van der Waals surface area contributed by atoms with Gasteiger partial charge in [-0.3, -0.25) is 4.79 Å². The van der Waals surface area contributed by atoms with Crippen molar-refractivity contribution in [2.24, 2.45) is 0 Å². The van der Waals surface area contributed by atoms with E-state index in [9.17, 15) is 4.79 Å². The monoisotopic (exact) mass is 251 g/mol. The van der Waals surface area contributed by atoms with E-state index >= 15 is 0 Å². The van der Waals surface area contributed by atoms with Gasteiger partial charge in [-0.05, 0) is 44.9 Å². The average Bonchev–Trinajstić information content (AvgIpc) is 2.38. The molecular formula is C14H21NO3. The third-order valence-electron chi connectivity index (χ3n) is 2.65. The third kappa shape index (κ3) is 6.25. The Morgan fingerprint density at radius 3 is 2.67 bits per heavy atom. The SMILES string of the molecule is CC(NCCCCCOc1ccccc1)C(=O)O. The minimum absolute atomic E-state index is 0.467. The molecule has 0 bridgehead atoms. The number of nitrogens with one attached hydrogen (secondary N) is 1. The molecule has 100 valence electrons. The van der Waals surface area contributed by atoms with Crippen molar-refractivity contribution in [1.29, 1.82) is 0 Å². The van der Waals surface area contributed by atoms with Gasteiger partial charge in [-0.1, -0.05) is 18.2 Å². The van der Waals surface area contributed by atoms with Crippen molar-refractivity contribution in [1.82, 2.24) is 5.32 Å². The van der Waals surface area contributed by atoms with Crippen molar-refractivity contribution in [3.05, 3.63) is 30.3 Å². The topological polar surface area (TPSA) is 58.6 Å². The molecule has 1 aromatic carbocycles. The van der Waals surface area contributed by atoms with E-state index in [0.717, 1.165) is 31.6 Å². The zero-order chi connectivity index (χ0) is 13.2. The summed E-state index contributed by atoms with van der Waals surface area (Å²) >= 11 is 0. The number of unbranched alkanes of at least 4 members (excludes halogenated alkanes) is 2. The van der Waals surface area contributed by atoms with Gasteiger partial charge in [0, 0.05) is 0 Å². The number of rotatable bonds is 9. The van der Waals surface area contributed by atoms with Crippen LogP contribution >= 0.6 is 0 Å². The van der Waals surface area contributed by atoms with Crippen molar-refractivity contribution >= 4 is 5.97 Å². The average molecular weight is 251 g/mol. The lowest BCUT2D eigenvalue weighted by atomic mass is 10.2. The van der Waals surface area contributed by atoms with E-state index < -0.39 is 12.0 Å². The lowest BCUT2D eigenvalue weighted by molar-refractivity contribution is -0.138. The molecule has 4 heteroatoms. The van der Waals surface area contributed by atoms with Gasteiger partial charge >= 0.3 is 5.97 Å². The van der Waals surface area contributed by atoms with E-state index in [4.69, 9.17) is 9.84 Å². The van der Waals surface area contributed by atoms with Crippen LogP contribution < -0.4 is 10.1 Å². The van der Waals surface area contributed by atoms with E-state index in [0.29, 0.717) is 6.61 Å². The zero-order valence-electron chi connectivity index (χ0n) is 10.8. The summed E-state index contributed by atoms with van der Waals surface area (Å²) in [5.74, 6) is 0.0949. The summed E-state index contributed by atoms with van der Waals surface area (Å²) in [6, 6.07) is 9.28. The minimum Gasteiger partial charge on any atom is -0.494 e. The second-order valence-electron chi connectivity index (χ2n) is 4.24. The number of aliphatic carboxylic acids is 1. The number of carboxylic acid groups (broad SMARTS) is 1. The summed E-state index contributed by atoms with van der Waals surface area (Å²) in [5, 5.41) is 11.6. The fraction of sp³-hybridized carbons (Fsp3) is 0.500. The molecule has 0 spiro atoms. The van der Waals surface area contributed by atoms with Crippen LogP contribution in [0.5, 0.6) is 5.75 Å². The van der Waals surface area contributed by atoms with Crippen LogP contribution in [0.15, 0.2) is 30.3 Å². The molecule has 0 aliphatic carbocycles. The second kappa shape index (κ2) is 8.53. The highest BCUT2D eigenvalue weighted by Crippen LogP contribution is 2.09. The van der Waals surface area contributed by atoms with Gasteiger partial charge in [0.25, 0.3) is 0 Å². The Balaban J connectivity index is 1.95. The van der Waals surface area contributed by atoms with Crippen LogP contribution in [0.25, 0.3) is 0 Å². The third-order valence-corrected chi connectivity index (χ3v) is 2.65. The molecule has 0 amide bonds. The predicted molar refractivity (Wildman–Crippen MR) is 70.9 cm³/mol. The molecule has 1 atom stereocenters. The fourth-order valence-corrected chi connectivity index (χ4v) is 1.52. The zero-order valence-corrected chi connectivity index (χ0v) is 10.8. The highest BCUT2D eigenvalue weighted by atomic mass is 16.5. The van der Waals surface area contributed by atoms with E-state index in [-0.39, 0.29) is 0 Å². The largest absolute Gasteiger partial charge is 0.494 e. The highest BCUT2D eigenvalue weighted by Gasteiger charge is 2.07. The molecule has 0 aliphatic rings. The summed E-state index contributed by atoms with van der Waals surface area (Å²) in [5.41, 5.74) is 0. The van der Waals surface area contributed by atoms with Gasteiger partial charge in [-0.15, -0.1) is 0 Å². The van der Waals surface area contributed by atoms with Crippen molar-refractivity contribution in [3.8, 4) is 5.75 Å². The van der Waals surface area contributed by atoms with Gasteiger partial charge < -0.3 is 15.2 Å². The van der Waals surface area contributed by atoms with Crippen LogP contribution in [0.2, 0.25) is 0 Å². The van der Waals surface area contributed by atoms with Crippen molar-refractivity contribution in [2.45, 2.75) is 32.2 Å². The Labute approximate surface area is 108 Å². The van der Waals surface area contributed by atoms with Gasteiger partial charge in [0.15, 0.2) is 0 Å². The molecule has 2 N–H and O–H groups in total. The number of hydrogen-bond acceptors (Lipinski definition) is 3. The summed E-state index contributed by atoms with van der Waals surface area (Å²) in [6.07, 6.45) is 2.99. The van der Waals surface area contributed by atoms with Gasteiger partial charge in [0.05, 0.1) is 6.61 Å². The summed E-state index contributed by atoms with van der Waals surface area (Å²) in [4.78, 5) is 10.5. The van der Waals surface area contributed by atoms with Crippen molar-refractivity contribution in [2.75, 3.05) is 13.2 Å². The summed E-state index contributed by atoms with van der Waals surface area (Å²) < 4.78 is 5.56. The first-order valence-electron chi connectivity index (χ1n) is 6.34. The smallest absolute Gasteiger partial charge is 0.320 e. The highest BCUT2D eigenvalue weighted by molar-refractivity contribution is 5.72. The van der Waals surface area contributed by atoms with Gasteiger partial charge in [-0.25, -0.2) is 0 Å². The standard InChI is InChI=1S/C14H21NO3/c1-12(14(16)17)15-10-6-3-7-11-18-13-8-4-2-5-9-13/h2,4-5,8-9,12,15H,3,6-7,10-11H2,1H3,(H,16,17). The maximum Gasteiger partial charge on any atom is 0.320 e. The lowest BCUT2D eigenvalue weighted by Crippen LogP contribution is -2.34. The molecule has 0 heterocycles. The summed E-state index contributed by atoms with van der Waals surface area (Å²) in [6.45, 7) is 3.10. The Bertz CT molecular complexity index is 340. The Kier molecular flexibility index (Phi) is 6.87. The number of hydrogen-bond donors (Lipinski definition) is 2. The van der Waals surface area contributed by atoms with Gasteiger partial charge in [0.2, 0.25) is 0 Å². The van der Waals surface area contributed by atoms with Crippen LogP contribution in [-0.2, 0) is 4.79 Å². The van der Waals surface area contributed by atoms with Crippen LogP contribution in [0.1, 0.15) is 26.2 Å². The molecule has 0 saturated carbocycles. The van der Waals surface area contributed by atoms with Gasteiger partial charge in [-0.2, -0.15) is 0 Å². The number of benzene rings is 1. The van der Waals surface area contributed by atoms with Gasteiger partial charge in [0.1, 0.15) is 11.8 Å². The summed E-state index contributed by atoms with van der Waals surface area (Å²) in [7, 11) is 0. The Hall–Kier alpha value is -1.55. The van der Waals surface area contributed by atoms with Crippen molar-refractivity contribution in [3.63, 3.8) is 0 Å². The number of ether oxygens (including phenoxy) is 1. The Morgan fingerprint density at radius 1 is 1.28 bits per heavy atom. The molecule has 0 radical (unpaired) electrons. The maximum absolute atomic E-state index is 10.5. The van der Waals surface area contributed by atoms with E-state index in [1.165, 1.54) is 0 Å². The predicted octanol–water partition coefficient (Wildman–Crippen LogP) is 2.30. The quantitative estimate of drug-likeness (QED) is 0.661. The molecule has 0 aliphatic heterocycles. The normalized spacial score (nSPS) is 12.1. The molecule has 0 fully saturated rings. The molecule has 1 aromatic rings. The van der Waals surface area contributed by atoms with Crippen LogP contribution in [0.4, 0.5) is 0 Å². The molecule has 1 rings (SSSR count). The molecule has 4 nitrogen and oxygen atoms in total. The van der Waals surface area contributed by atoms with E-state index in [2.05, 4.69) is 5.32 Å². The molecule has 0 saturated heterocycles. The van der Waals surface area contributed by atoms with Crippen LogP contribution in [-0.4, -0.2) is 30.3 Å². The first-order valence-corrected chi connectivity index (χ1v) is 6.34. The first kappa shape index (κ1) is 14.5. The van der Waals surface area contributed by atoms with Crippen LogP contribution in [0, 0.1) is 0 Å². The Morgan fingerprint density at radius 2 is 2.00 bits per heavy atom. The molecule has 1 unspecified atom stereocenters. The van der Waals surface area contributed by atoms with Crippen molar-refractivity contribution < 1.29 is 14.6 Å². The maximum atomic E-state index is 10.5. The number of carboxylic acids is 1. The molecule has 18 heavy (non-hydrogen) atoms. The second-order valence-corrected chi connectivity index (χ2v) is 4.24. The molecule has 0 aromatic heterocycles. The lowest BCUT2D eigenvalue weighted by Gasteiger charge is -2.09.